The van der Waals surface area contributed by atoms with E-state index < -0.39 is 35.0 Å². The van der Waals surface area contributed by atoms with Gasteiger partial charge in [-0.25, -0.2) is 18.6 Å². The first-order chi connectivity index (χ1) is 15.8. The van der Waals surface area contributed by atoms with Crippen LogP contribution in [0.5, 0.6) is 0 Å². The fourth-order valence-corrected chi connectivity index (χ4v) is 4.84. The predicted octanol–water partition coefficient (Wildman–Crippen LogP) is 3.98. The molecule has 1 aromatic carbocycles. The standard InChI is InChI=1S/C22H40N4O7SSi/c1-21(2,3)33-20(27)23-25(34(30,31)19-12-10-18(11-13-19)26(28)29)15-14-24(7)16-17-32-35(8,9)22(4,5)6/h10-13H,14-17H2,1-9H3,(H,23,27). The van der Waals surface area contributed by atoms with Gasteiger partial charge in [0.15, 0.2) is 8.32 Å². The summed E-state index contributed by atoms with van der Waals surface area (Å²) in [5, 5.41) is 11.0. The monoisotopic (exact) mass is 532 g/mol. The molecule has 0 radical (unpaired) electrons. The van der Waals surface area contributed by atoms with Crippen molar-refractivity contribution in [1.82, 2.24) is 14.7 Å². The maximum atomic E-state index is 13.2. The van der Waals surface area contributed by atoms with E-state index >= 15 is 0 Å². The minimum atomic E-state index is -4.21. The van der Waals surface area contributed by atoms with E-state index in [9.17, 15) is 23.3 Å². The van der Waals surface area contributed by atoms with E-state index in [1.807, 2.05) is 11.9 Å². The molecule has 0 fully saturated rings. The lowest BCUT2D eigenvalue weighted by Crippen LogP contribution is -2.50. The number of ether oxygens (including phenoxy) is 1. The maximum absolute atomic E-state index is 13.2. The van der Waals surface area contributed by atoms with Gasteiger partial charge in [-0.2, -0.15) is 0 Å². The molecule has 0 aliphatic heterocycles. The van der Waals surface area contributed by atoms with Gasteiger partial charge in [0.1, 0.15) is 5.60 Å². The van der Waals surface area contributed by atoms with Crippen LogP contribution in [0.4, 0.5) is 10.5 Å². The van der Waals surface area contributed by atoms with E-state index in [2.05, 4.69) is 39.3 Å². The van der Waals surface area contributed by atoms with Crippen LogP contribution in [0.15, 0.2) is 29.2 Å². The summed E-state index contributed by atoms with van der Waals surface area (Å²) in [5.74, 6) is 0. The number of hydrazine groups is 1. The summed E-state index contributed by atoms with van der Waals surface area (Å²) in [6, 6.07) is 4.47. The number of amides is 1. The van der Waals surface area contributed by atoms with Gasteiger partial charge in [-0.3, -0.25) is 10.1 Å². The Labute approximate surface area is 210 Å². The molecular formula is C22H40N4O7SSi. The van der Waals surface area contributed by atoms with E-state index in [0.29, 0.717) is 19.7 Å². The first-order valence-corrected chi connectivity index (χ1v) is 15.7. The van der Waals surface area contributed by atoms with Crippen molar-refractivity contribution in [3.8, 4) is 0 Å². The number of nitrogens with one attached hydrogen (secondary N) is 1. The highest BCUT2D eigenvalue weighted by Gasteiger charge is 2.37. The van der Waals surface area contributed by atoms with E-state index in [4.69, 9.17) is 9.16 Å². The average molecular weight is 533 g/mol. The topological polar surface area (TPSA) is 131 Å². The largest absolute Gasteiger partial charge is 0.443 e. The molecule has 0 unspecified atom stereocenters. The number of likely N-dealkylation sites (N-methyl/N-ethyl adjacent to an activating group) is 1. The highest BCUT2D eigenvalue weighted by Crippen LogP contribution is 2.36. The number of nitro benzene ring substituents is 1. The fraction of sp³-hybridized carbons (Fsp3) is 0.682. The molecule has 11 nitrogen and oxygen atoms in total. The van der Waals surface area contributed by atoms with Gasteiger partial charge in [-0.1, -0.05) is 20.8 Å². The summed E-state index contributed by atoms with van der Waals surface area (Å²) in [4.78, 5) is 24.4. The van der Waals surface area contributed by atoms with Crippen LogP contribution in [0.1, 0.15) is 41.5 Å². The maximum Gasteiger partial charge on any atom is 0.423 e. The lowest BCUT2D eigenvalue weighted by atomic mass is 10.2. The Bertz CT molecular complexity index is 971. The molecule has 1 amide bonds. The van der Waals surface area contributed by atoms with E-state index in [0.717, 1.165) is 28.7 Å². The third-order valence-corrected chi connectivity index (χ3v) is 11.9. The van der Waals surface area contributed by atoms with Crippen LogP contribution < -0.4 is 5.43 Å². The van der Waals surface area contributed by atoms with Crippen molar-refractivity contribution in [3.63, 3.8) is 0 Å². The second kappa shape index (κ2) is 11.8. The molecule has 13 heteroatoms. The molecule has 1 rings (SSSR count). The van der Waals surface area contributed by atoms with Gasteiger partial charge in [0.05, 0.1) is 9.82 Å². The van der Waals surface area contributed by atoms with Crippen LogP contribution in [-0.4, -0.2) is 76.0 Å². The Kier molecular flexibility index (Phi) is 10.4. The molecule has 1 aromatic rings. The number of nitro groups is 1. The summed E-state index contributed by atoms with van der Waals surface area (Å²) in [6.07, 6.45) is -0.924. The van der Waals surface area contributed by atoms with Gasteiger partial charge < -0.3 is 14.1 Å². The number of non-ortho nitro benzene ring substituents is 1. The van der Waals surface area contributed by atoms with E-state index in [1.54, 1.807) is 20.8 Å². The Hall–Kier alpha value is -2.06. The zero-order valence-corrected chi connectivity index (χ0v) is 24.1. The molecule has 35 heavy (non-hydrogen) atoms. The van der Waals surface area contributed by atoms with Crippen molar-refractivity contribution < 1.29 is 27.3 Å². The number of nitrogens with zero attached hydrogens (tertiary/aromatic N) is 3. The van der Waals surface area contributed by atoms with Crippen LogP contribution in [0, 0.1) is 10.1 Å². The van der Waals surface area contributed by atoms with Crippen molar-refractivity contribution in [2.45, 2.75) is 70.2 Å². The van der Waals surface area contributed by atoms with Crippen LogP contribution in [-0.2, 0) is 19.2 Å². The van der Waals surface area contributed by atoms with Gasteiger partial charge in [0.25, 0.3) is 15.7 Å². The molecule has 0 aliphatic rings. The minimum Gasteiger partial charge on any atom is -0.443 e. The average Bonchev–Trinajstić information content (AvgIpc) is 2.68. The number of hydrogen-bond donors (Lipinski definition) is 1. The van der Waals surface area contributed by atoms with Crippen molar-refractivity contribution in [2.75, 3.05) is 33.3 Å². The SMILES string of the molecule is CN(CCO[Si](C)(C)C(C)(C)C)CCN(NC(=O)OC(C)(C)C)S(=O)(=O)c1ccc([N+](=O)[O-])cc1. The van der Waals surface area contributed by atoms with Crippen LogP contribution in [0.3, 0.4) is 0 Å². The molecule has 0 saturated heterocycles. The van der Waals surface area contributed by atoms with E-state index in [-0.39, 0.29) is 22.2 Å². The second-order valence-corrected chi connectivity index (χ2v) is 17.5. The van der Waals surface area contributed by atoms with Gasteiger partial charge in [-0.05, 0) is 58.1 Å². The van der Waals surface area contributed by atoms with Crippen molar-refractivity contribution >= 4 is 30.1 Å². The molecule has 0 aromatic heterocycles. The molecule has 200 valence electrons. The zero-order chi connectivity index (χ0) is 27.2. The van der Waals surface area contributed by atoms with Crippen LogP contribution in [0.2, 0.25) is 18.1 Å². The van der Waals surface area contributed by atoms with E-state index in [1.165, 1.54) is 0 Å². The molecule has 0 aliphatic carbocycles. The van der Waals surface area contributed by atoms with Crippen LogP contribution >= 0.6 is 0 Å². The smallest absolute Gasteiger partial charge is 0.423 e. The number of benzene rings is 1. The normalized spacial score (nSPS) is 13.2. The lowest BCUT2D eigenvalue weighted by molar-refractivity contribution is -0.384. The van der Waals surface area contributed by atoms with Gasteiger partial charge >= 0.3 is 6.09 Å². The number of hydrogen-bond acceptors (Lipinski definition) is 8. The Balaban J connectivity index is 2.96. The van der Waals surface area contributed by atoms with Crippen molar-refractivity contribution in [3.05, 3.63) is 34.4 Å². The summed E-state index contributed by atoms with van der Waals surface area (Å²) < 4.78 is 38.7. The number of sulfonamides is 1. The lowest BCUT2D eigenvalue weighted by Gasteiger charge is -2.36. The van der Waals surface area contributed by atoms with Gasteiger partial charge in [0, 0.05) is 38.4 Å². The molecule has 1 N–H and O–H groups in total. The molecule has 0 saturated carbocycles. The number of carbonyl (C=O) groups excluding carboxylic acids is 1. The fourth-order valence-electron chi connectivity index (χ4n) is 2.55. The Morgan fingerprint density at radius 2 is 1.60 bits per heavy atom. The van der Waals surface area contributed by atoms with Gasteiger partial charge in [0.2, 0.25) is 0 Å². The number of carbonyl (C=O) groups is 1. The third-order valence-electron chi connectivity index (χ3n) is 5.68. The number of rotatable bonds is 11. The predicted molar refractivity (Wildman–Crippen MR) is 137 cm³/mol. The minimum absolute atomic E-state index is 0.0743. The van der Waals surface area contributed by atoms with Gasteiger partial charge in [-0.15, -0.1) is 4.41 Å². The zero-order valence-electron chi connectivity index (χ0n) is 22.2. The summed E-state index contributed by atoms with van der Waals surface area (Å²) >= 11 is 0. The second-order valence-electron chi connectivity index (χ2n) is 10.9. The summed E-state index contributed by atoms with van der Waals surface area (Å²) in [7, 11) is -4.28. The molecule has 0 spiro atoms. The summed E-state index contributed by atoms with van der Waals surface area (Å²) in [6.45, 7) is 17.1. The van der Waals surface area contributed by atoms with Crippen molar-refractivity contribution in [1.29, 1.82) is 0 Å². The highest BCUT2D eigenvalue weighted by atomic mass is 32.2. The quantitative estimate of drug-likeness (QED) is 0.257. The highest BCUT2D eigenvalue weighted by molar-refractivity contribution is 7.89. The molecular weight excluding hydrogens is 492 g/mol. The summed E-state index contributed by atoms with van der Waals surface area (Å²) in [5.41, 5.74) is 1.24. The van der Waals surface area contributed by atoms with Crippen LogP contribution in [0.25, 0.3) is 0 Å². The van der Waals surface area contributed by atoms with Crippen molar-refractivity contribution in [2.24, 2.45) is 0 Å². The molecule has 0 heterocycles. The first kappa shape index (κ1) is 31.0. The first-order valence-electron chi connectivity index (χ1n) is 11.4. The third kappa shape index (κ3) is 9.84. The molecule has 0 atom stereocenters. The Morgan fingerprint density at radius 1 is 1.06 bits per heavy atom. The Morgan fingerprint density at radius 3 is 2.06 bits per heavy atom. The molecule has 0 bridgehead atoms.